The third-order valence-electron chi connectivity index (χ3n) is 16.7. The van der Waals surface area contributed by atoms with E-state index in [9.17, 15) is 67.7 Å². The number of phenolic OH excluding ortho intramolecular Hbond substituents is 2. The van der Waals surface area contributed by atoms with Crippen molar-refractivity contribution in [1.29, 1.82) is 0 Å². The molecule has 576 valence electrons. The lowest BCUT2D eigenvalue weighted by Crippen LogP contribution is -2.58. The molecular weight excluding hydrogens is 1380 g/mol. The number of amides is 10. The summed E-state index contributed by atoms with van der Waals surface area (Å²) in [6, 6.07) is 33.3. The highest BCUT2D eigenvalue weighted by atomic mass is 16.6. The van der Waals surface area contributed by atoms with Gasteiger partial charge < -0.3 is 83.5 Å². The van der Waals surface area contributed by atoms with Crippen LogP contribution < -0.4 is 63.8 Å². The second kappa shape index (κ2) is 39.5. The number of carbonyl (C=O) groups is 12. The molecule has 0 fully saturated rings. The van der Waals surface area contributed by atoms with Crippen molar-refractivity contribution < 1.29 is 77.2 Å². The summed E-state index contributed by atoms with van der Waals surface area (Å²) in [6.07, 6.45) is -1.40. The number of carbonyl (C=O) groups excluding carboxylic acids is 12. The highest BCUT2D eigenvalue weighted by molar-refractivity contribution is 6.33. The molecule has 6 aromatic carbocycles. The first-order chi connectivity index (χ1) is 51.2. The van der Waals surface area contributed by atoms with E-state index in [4.69, 9.17) is 9.47 Å². The zero-order chi connectivity index (χ0) is 78.8. The van der Waals surface area contributed by atoms with Crippen LogP contribution in [0.15, 0.2) is 146 Å². The highest BCUT2D eigenvalue weighted by Gasteiger charge is 2.39. The largest absolute Gasteiger partial charge is 0.507 e. The molecule has 10 amide bonds. The second-order valence-corrected chi connectivity index (χ2v) is 29.1. The van der Waals surface area contributed by atoms with Gasteiger partial charge in [0, 0.05) is 63.2 Å². The van der Waals surface area contributed by atoms with Gasteiger partial charge >= 0.3 is 12.2 Å². The van der Waals surface area contributed by atoms with E-state index < -0.39 is 154 Å². The summed E-state index contributed by atoms with van der Waals surface area (Å²) in [5, 5.41) is 55.4. The number of rotatable bonds is 36. The molecule has 0 aromatic heterocycles. The Kier molecular flexibility index (Phi) is 30.5. The van der Waals surface area contributed by atoms with Crippen LogP contribution in [0.25, 0.3) is 0 Å². The Morgan fingerprint density at radius 1 is 0.343 bits per heavy atom. The average molecular weight is 1490 g/mol. The van der Waals surface area contributed by atoms with Crippen LogP contribution in [0.2, 0.25) is 0 Å². The highest BCUT2D eigenvalue weighted by Crippen LogP contribution is 2.42. The maximum absolute atomic E-state index is 14.6. The molecule has 28 nitrogen and oxygen atoms in total. The van der Waals surface area contributed by atoms with E-state index in [1.807, 2.05) is 27.7 Å². The molecule has 108 heavy (non-hydrogen) atoms. The lowest BCUT2D eigenvalue weighted by molar-refractivity contribution is -0.133. The third kappa shape index (κ3) is 26.3. The van der Waals surface area contributed by atoms with E-state index in [-0.39, 0.29) is 99.0 Å². The van der Waals surface area contributed by atoms with Gasteiger partial charge in [-0.15, -0.1) is 0 Å². The molecule has 0 bridgehead atoms. The van der Waals surface area contributed by atoms with Crippen LogP contribution in [0, 0.1) is 11.8 Å². The van der Waals surface area contributed by atoms with Gasteiger partial charge in [-0.05, 0) is 113 Å². The van der Waals surface area contributed by atoms with E-state index in [0.717, 1.165) is 12.1 Å². The lowest BCUT2D eigenvalue weighted by Gasteiger charge is -2.27. The van der Waals surface area contributed by atoms with Crippen molar-refractivity contribution in [2.75, 3.05) is 49.9 Å². The fraction of sp³-hybridized carbons (Fsp3) is 0.400. The molecule has 1 aliphatic carbocycles. The van der Waals surface area contributed by atoms with Crippen molar-refractivity contribution >= 4 is 82.4 Å². The summed E-state index contributed by atoms with van der Waals surface area (Å²) in [4.78, 5) is 167. The van der Waals surface area contributed by atoms with E-state index in [0.29, 0.717) is 22.3 Å². The van der Waals surface area contributed by atoms with Crippen molar-refractivity contribution in [3.8, 4) is 11.5 Å². The fourth-order valence-electron chi connectivity index (χ4n) is 11.8. The maximum atomic E-state index is 14.6. The lowest BCUT2D eigenvalue weighted by atomic mass is 9.81. The summed E-state index contributed by atoms with van der Waals surface area (Å²) >= 11 is 0. The Morgan fingerprint density at radius 3 is 0.898 bits per heavy atom. The van der Waals surface area contributed by atoms with Crippen molar-refractivity contribution in [2.24, 2.45) is 11.8 Å². The van der Waals surface area contributed by atoms with Crippen molar-refractivity contribution in [2.45, 2.75) is 155 Å². The molecule has 0 heterocycles. The van der Waals surface area contributed by atoms with Crippen molar-refractivity contribution in [1.82, 2.24) is 53.2 Å². The molecule has 0 saturated carbocycles. The van der Waals surface area contributed by atoms with E-state index in [1.165, 1.54) is 12.1 Å². The van der Waals surface area contributed by atoms with Crippen LogP contribution in [-0.4, -0.2) is 168 Å². The minimum atomic E-state index is -1.27. The molecule has 6 atom stereocenters. The SMILES string of the molecule is CC(C)C[C@H](NC(=O)[C@H](Cc1ccccc1)NC(=O)[C@H](Cc1ccccc1)NC(=O)CNC(=O)OC(C)(C)C)C(=O)NCCNc1ccc(NCCNC(=O)[C@H](CC(C)C)NC(=O)[C@H](Cc2ccccc2)NC(=O)[C@H](Cc2ccccc2)NC(=O)CNC(=O)OC(C)(C)C)c2c1C(=O)c1c(O)ccc(O)c1C2=O. The average Bonchev–Trinajstić information content (AvgIpc) is 0.731. The van der Waals surface area contributed by atoms with Gasteiger partial charge in [-0.25, -0.2) is 9.59 Å². The molecule has 0 spiro atoms. The molecule has 6 aromatic rings. The Balaban J connectivity index is 1.03. The molecule has 7 rings (SSSR count). The summed E-state index contributed by atoms with van der Waals surface area (Å²) in [5.41, 5.74) is -0.0204. The Bertz CT molecular complexity index is 3890. The predicted octanol–water partition coefficient (Wildman–Crippen LogP) is 5.95. The molecule has 14 N–H and O–H groups in total. The van der Waals surface area contributed by atoms with Crippen LogP contribution in [0.1, 0.15) is 136 Å². The van der Waals surface area contributed by atoms with E-state index in [2.05, 4.69) is 63.8 Å². The minimum absolute atomic E-state index is 0.00812. The van der Waals surface area contributed by atoms with Crippen molar-refractivity contribution in [3.63, 3.8) is 0 Å². The molecule has 1 aliphatic rings. The van der Waals surface area contributed by atoms with Gasteiger partial charge in [-0.1, -0.05) is 149 Å². The van der Waals surface area contributed by atoms with Gasteiger partial charge in [0.1, 0.15) is 72.0 Å². The van der Waals surface area contributed by atoms with Gasteiger partial charge in [0.15, 0.2) is 0 Å². The van der Waals surface area contributed by atoms with E-state index >= 15 is 0 Å². The van der Waals surface area contributed by atoms with Gasteiger partial charge in [0.05, 0.1) is 22.3 Å². The quantitative estimate of drug-likeness (QED) is 0.0159. The maximum Gasteiger partial charge on any atom is 0.408 e. The topological polar surface area (TPSA) is 408 Å². The van der Waals surface area contributed by atoms with Crippen LogP contribution >= 0.6 is 0 Å². The smallest absolute Gasteiger partial charge is 0.408 e. The molecule has 28 heteroatoms. The van der Waals surface area contributed by atoms with E-state index in [1.54, 1.807) is 163 Å². The number of anilines is 2. The van der Waals surface area contributed by atoms with Gasteiger partial charge in [0.2, 0.25) is 58.8 Å². The number of nitrogens with one attached hydrogen (secondary N) is 12. The minimum Gasteiger partial charge on any atom is -0.507 e. The molecule has 0 saturated heterocycles. The van der Waals surface area contributed by atoms with Crippen LogP contribution in [0.5, 0.6) is 11.5 Å². The summed E-state index contributed by atoms with van der Waals surface area (Å²) in [7, 11) is 0. The Hall–Kier alpha value is -11.8. The van der Waals surface area contributed by atoms with Gasteiger partial charge in [0.25, 0.3) is 0 Å². The number of ether oxygens (including phenoxy) is 2. The Labute approximate surface area is 628 Å². The number of hydrogen-bond acceptors (Lipinski definition) is 18. The normalized spacial score (nSPS) is 13.4. The second-order valence-electron chi connectivity index (χ2n) is 29.1. The molecule has 0 aliphatic heterocycles. The first kappa shape index (κ1) is 83.4. The fourth-order valence-corrected chi connectivity index (χ4v) is 11.8. The summed E-state index contributed by atoms with van der Waals surface area (Å²) < 4.78 is 10.5. The molecule has 0 unspecified atom stereocenters. The number of fused-ring (bicyclic) bond motifs is 2. The molecule has 0 radical (unpaired) electrons. The van der Waals surface area contributed by atoms with Crippen LogP contribution in [0.4, 0.5) is 21.0 Å². The number of hydrogen-bond donors (Lipinski definition) is 14. The number of phenols is 2. The van der Waals surface area contributed by atoms with Gasteiger partial charge in [-0.2, -0.15) is 0 Å². The standard InChI is InChI=1S/C80H100N12O16/c1-47(2)39-55(89-75(103)59(43-51-27-19-13-20-28-51)91-73(101)57(41-49-23-15-11-16-24-49)87-63(95)45-85-77(105)107-79(5,6)7)71(99)83-37-35-81-53-31-32-54(66-65(53)69(97)67-61(93)33-34-62(94)68(67)70(66)98)82-36-38-84-72(100)56(40-48(3)4)90-76(104)60(44-52-29-21-14-22-30-52)92-74(102)58(42-50-25-17-12-18-26-50)88-64(96)46-86-78(106)108-80(8,9)10/h11-34,47-48,55-60,81-82,93-94H,35-46H2,1-10H3,(H,83,99)(H,84,100)(H,85,105)(H,86,106)(H,87,95)(H,88,96)(H,89,103)(H,90,104)(H,91,101)(H,92,102)/t55-,56-,57-,58-,59-,60-/m0/s1. The number of ketones is 2. The number of aromatic hydroxyl groups is 2. The van der Waals surface area contributed by atoms with Crippen molar-refractivity contribution in [3.05, 3.63) is 190 Å². The Morgan fingerprint density at radius 2 is 0.620 bits per heavy atom. The zero-order valence-electron chi connectivity index (χ0n) is 62.6. The monoisotopic (exact) mass is 1480 g/mol. The summed E-state index contributed by atoms with van der Waals surface area (Å²) in [5.74, 6) is -8.54. The third-order valence-corrected chi connectivity index (χ3v) is 16.7. The predicted molar refractivity (Wildman–Crippen MR) is 406 cm³/mol. The number of alkyl carbamates (subject to hydrolysis) is 2. The molecular formula is C80H100N12O16. The zero-order valence-corrected chi connectivity index (χ0v) is 62.6. The van der Waals surface area contributed by atoms with Crippen LogP contribution in [-0.2, 0) is 73.5 Å². The summed E-state index contributed by atoms with van der Waals surface area (Å²) in [6.45, 7) is 16.0. The number of benzene rings is 6. The first-order valence-corrected chi connectivity index (χ1v) is 36.0. The first-order valence-electron chi connectivity index (χ1n) is 36.0. The van der Waals surface area contributed by atoms with Crippen LogP contribution in [0.3, 0.4) is 0 Å². The van der Waals surface area contributed by atoms with Gasteiger partial charge in [-0.3, -0.25) is 47.9 Å².